The van der Waals surface area contributed by atoms with Crippen molar-refractivity contribution in [3.8, 4) is 0 Å². The molecule has 0 spiro atoms. The average Bonchev–Trinajstić information content (AvgIpc) is 3.17. The Balaban J connectivity index is 1.71. The van der Waals surface area contributed by atoms with Gasteiger partial charge >= 0.3 is 0 Å². The second kappa shape index (κ2) is 5.94. The van der Waals surface area contributed by atoms with Crippen LogP contribution in [0.3, 0.4) is 0 Å². The zero-order chi connectivity index (χ0) is 15.8. The van der Waals surface area contributed by atoms with Gasteiger partial charge in [-0.15, -0.1) is 11.3 Å². The van der Waals surface area contributed by atoms with E-state index in [1.165, 1.54) is 11.8 Å². The Bertz CT molecular complexity index is 771. The molecule has 1 N–H and O–H groups in total. The summed E-state index contributed by atoms with van der Waals surface area (Å²) in [4.78, 5) is 30.2. The largest absolute Gasteiger partial charge is 0.295 e. The minimum atomic E-state index is -0.370. The van der Waals surface area contributed by atoms with Crippen molar-refractivity contribution < 1.29 is 9.59 Å². The molecular formula is C17H14N2O2S2. The summed E-state index contributed by atoms with van der Waals surface area (Å²) in [7, 11) is 0. The van der Waals surface area contributed by atoms with Crippen LogP contribution < -0.4 is 5.32 Å². The highest BCUT2D eigenvalue weighted by Crippen LogP contribution is 2.46. The van der Waals surface area contributed by atoms with Crippen LogP contribution in [-0.4, -0.2) is 22.1 Å². The Kier molecular flexibility index (Phi) is 3.79. The van der Waals surface area contributed by atoms with Crippen molar-refractivity contribution in [1.82, 2.24) is 5.32 Å². The van der Waals surface area contributed by atoms with E-state index in [1.54, 1.807) is 11.3 Å². The number of nitrogens with one attached hydrogen (secondary N) is 1. The molecule has 3 heterocycles. The van der Waals surface area contributed by atoms with Gasteiger partial charge in [0.25, 0.3) is 0 Å². The Morgan fingerprint density at radius 2 is 1.87 bits per heavy atom. The van der Waals surface area contributed by atoms with Crippen molar-refractivity contribution in [3.05, 3.63) is 52.7 Å². The summed E-state index contributed by atoms with van der Waals surface area (Å²) in [6.07, 6.45) is 0.696. The lowest BCUT2D eigenvalue weighted by Crippen LogP contribution is -2.33. The van der Waals surface area contributed by atoms with Crippen molar-refractivity contribution in [2.45, 2.75) is 17.6 Å². The lowest BCUT2D eigenvalue weighted by molar-refractivity contribution is -0.126. The van der Waals surface area contributed by atoms with Crippen LogP contribution in [0, 0.1) is 5.92 Å². The summed E-state index contributed by atoms with van der Waals surface area (Å²) < 4.78 is 0. The first kappa shape index (κ1) is 14.7. The van der Waals surface area contributed by atoms with E-state index in [-0.39, 0.29) is 28.9 Å². The number of para-hydroxylation sites is 1. The molecule has 3 unspecified atom stereocenters. The fourth-order valence-electron chi connectivity index (χ4n) is 3.11. The number of imide groups is 1. The molecule has 0 saturated carbocycles. The van der Waals surface area contributed by atoms with Gasteiger partial charge in [0.05, 0.1) is 16.6 Å². The van der Waals surface area contributed by atoms with Gasteiger partial charge in [-0.05, 0) is 23.6 Å². The van der Waals surface area contributed by atoms with Gasteiger partial charge in [0.15, 0.2) is 0 Å². The number of benzene rings is 1. The quantitative estimate of drug-likeness (QED) is 0.852. The smallest absolute Gasteiger partial charge is 0.240 e. The summed E-state index contributed by atoms with van der Waals surface area (Å²) in [5.41, 5.74) is 0.878. The second-order valence-electron chi connectivity index (χ2n) is 5.58. The molecule has 0 aliphatic carbocycles. The molecule has 2 aromatic rings. The molecule has 0 bridgehead atoms. The van der Waals surface area contributed by atoms with Gasteiger partial charge < -0.3 is 0 Å². The lowest BCUT2D eigenvalue weighted by atomic mass is 9.86. The number of carbonyl (C=O) groups is 2. The van der Waals surface area contributed by atoms with Gasteiger partial charge in [-0.1, -0.05) is 36.0 Å². The van der Waals surface area contributed by atoms with Crippen LogP contribution >= 0.6 is 23.1 Å². The summed E-state index contributed by atoms with van der Waals surface area (Å²) in [5.74, 6) is -0.604. The van der Waals surface area contributed by atoms with Crippen LogP contribution in [0.15, 0.2) is 52.8 Å². The maximum atomic E-state index is 12.2. The van der Waals surface area contributed by atoms with Gasteiger partial charge in [-0.3, -0.25) is 14.9 Å². The molecule has 23 heavy (non-hydrogen) atoms. The van der Waals surface area contributed by atoms with Gasteiger partial charge in [0.2, 0.25) is 11.8 Å². The van der Waals surface area contributed by atoms with Crippen LogP contribution in [0.25, 0.3) is 0 Å². The van der Waals surface area contributed by atoms with Crippen molar-refractivity contribution in [2.75, 3.05) is 0 Å². The molecule has 3 atom stereocenters. The fraction of sp³-hybridized carbons (Fsp3) is 0.235. The van der Waals surface area contributed by atoms with Crippen molar-refractivity contribution >= 4 is 45.6 Å². The molecule has 1 aromatic heterocycles. The average molecular weight is 342 g/mol. The van der Waals surface area contributed by atoms with Gasteiger partial charge in [0.1, 0.15) is 5.25 Å². The Hall–Kier alpha value is -1.92. The van der Waals surface area contributed by atoms with Gasteiger partial charge in [-0.2, -0.15) is 0 Å². The minimum absolute atomic E-state index is 0.0233. The highest BCUT2D eigenvalue weighted by Gasteiger charge is 2.50. The monoisotopic (exact) mass is 342 g/mol. The number of thiophene rings is 1. The number of hydrogen-bond acceptors (Lipinski definition) is 5. The Morgan fingerprint density at radius 3 is 2.61 bits per heavy atom. The van der Waals surface area contributed by atoms with E-state index in [2.05, 4.69) is 5.32 Å². The second-order valence-corrected chi connectivity index (χ2v) is 7.78. The fourth-order valence-corrected chi connectivity index (χ4v) is 5.33. The molecule has 0 radical (unpaired) electrons. The summed E-state index contributed by atoms with van der Waals surface area (Å²) in [6, 6.07) is 13.7. The Labute approximate surface area is 142 Å². The maximum Gasteiger partial charge on any atom is 0.240 e. The highest BCUT2D eigenvalue weighted by atomic mass is 32.2. The molecule has 6 heteroatoms. The van der Waals surface area contributed by atoms with E-state index >= 15 is 0 Å². The third-order valence-electron chi connectivity index (χ3n) is 4.14. The number of carbonyl (C=O) groups excluding carboxylic acids is 2. The first-order valence-electron chi connectivity index (χ1n) is 7.40. The first-order valence-corrected chi connectivity index (χ1v) is 9.15. The van der Waals surface area contributed by atoms with Crippen molar-refractivity contribution in [2.24, 2.45) is 10.9 Å². The van der Waals surface area contributed by atoms with E-state index in [9.17, 15) is 9.59 Å². The number of rotatable bonds is 2. The summed E-state index contributed by atoms with van der Waals surface area (Å²) in [6.45, 7) is 0. The highest BCUT2D eigenvalue weighted by molar-refractivity contribution is 8.15. The topological polar surface area (TPSA) is 58.5 Å². The van der Waals surface area contributed by atoms with Crippen molar-refractivity contribution in [1.29, 1.82) is 0 Å². The van der Waals surface area contributed by atoms with Crippen LogP contribution in [0.1, 0.15) is 17.2 Å². The molecule has 1 aromatic carbocycles. The maximum absolute atomic E-state index is 12.2. The molecule has 2 aliphatic heterocycles. The summed E-state index contributed by atoms with van der Waals surface area (Å²) >= 11 is 3.07. The predicted octanol–water partition coefficient (Wildman–Crippen LogP) is 3.34. The number of thioether (sulfide) groups is 1. The van der Waals surface area contributed by atoms with E-state index in [0.717, 1.165) is 15.6 Å². The van der Waals surface area contributed by atoms with Crippen LogP contribution in [0.5, 0.6) is 0 Å². The molecule has 2 fully saturated rings. The normalized spacial score (nSPS) is 28.7. The number of nitrogens with zero attached hydrogens (tertiary/aromatic N) is 1. The molecule has 116 valence electrons. The SMILES string of the molecule is O=C1NC(=O)C2C1SC(=Nc1ccccc1)CC2c1cccs1. The lowest BCUT2D eigenvalue weighted by Gasteiger charge is -2.30. The number of aliphatic imine (C=N–C) groups is 1. The predicted molar refractivity (Wildman–Crippen MR) is 93.2 cm³/mol. The zero-order valence-electron chi connectivity index (χ0n) is 12.1. The molecule has 4 rings (SSSR count). The molecule has 2 saturated heterocycles. The van der Waals surface area contributed by atoms with Crippen LogP contribution in [0.4, 0.5) is 5.69 Å². The van der Waals surface area contributed by atoms with E-state index in [1.807, 2.05) is 47.8 Å². The zero-order valence-corrected chi connectivity index (χ0v) is 13.8. The molecule has 2 aliphatic rings. The minimum Gasteiger partial charge on any atom is -0.295 e. The Morgan fingerprint density at radius 1 is 1.04 bits per heavy atom. The van der Waals surface area contributed by atoms with Gasteiger partial charge in [-0.25, -0.2) is 4.99 Å². The molecular weight excluding hydrogens is 328 g/mol. The molecule has 2 amide bonds. The van der Waals surface area contributed by atoms with Crippen LogP contribution in [0.2, 0.25) is 0 Å². The standard InChI is InChI=1S/C17H14N2O2S2/c20-16-14-11(12-7-4-8-22-12)9-13(23-15(14)17(21)19-16)18-10-5-2-1-3-6-10/h1-8,11,14-15H,9H2,(H,19,20,21). The first-order chi connectivity index (χ1) is 11.2. The van der Waals surface area contributed by atoms with E-state index in [4.69, 9.17) is 4.99 Å². The number of hydrogen-bond donors (Lipinski definition) is 1. The third-order valence-corrected chi connectivity index (χ3v) is 6.44. The van der Waals surface area contributed by atoms with E-state index < -0.39 is 0 Å². The number of amides is 2. The van der Waals surface area contributed by atoms with E-state index in [0.29, 0.717) is 6.42 Å². The summed E-state index contributed by atoms with van der Waals surface area (Å²) in [5, 5.41) is 5.04. The van der Waals surface area contributed by atoms with Crippen LogP contribution in [-0.2, 0) is 9.59 Å². The number of fused-ring (bicyclic) bond motifs is 1. The molecule has 4 nitrogen and oxygen atoms in total. The van der Waals surface area contributed by atoms with Crippen molar-refractivity contribution in [3.63, 3.8) is 0 Å². The van der Waals surface area contributed by atoms with Gasteiger partial charge in [0, 0.05) is 17.2 Å². The third kappa shape index (κ3) is 2.72.